The number of methoxy groups -OCH3 is 2. The molecule has 0 aromatic carbocycles. The van der Waals surface area contributed by atoms with Crippen LogP contribution < -0.4 is 10.2 Å². The SMILES string of the molecule is COCCNC(=O)[C@H]1C[NH+]2CC[C@H]1C[C@@H]2Cn1cc(COC)nn1. The van der Waals surface area contributed by atoms with Crippen molar-refractivity contribution in [2.24, 2.45) is 11.8 Å². The van der Waals surface area contributed by atoms with Crippen LogP contribution in [0.5, 0.6) is 0 Å². The van der Waals surface area contributed by atoms with Gasteiger partial charge >= 0.3 is 0 Å². The zero-order valence-corrected chi connectivity index (χ0v) is 14.5. The molecule has 3 aliphatic heterocycles. The Morgan fingerprint density at radius 1 is 1.46 bits per heavy atom. The molecule has 4 atom stereocenters. The molecule has 1 unspecified atom stereocenters. The minimum atomic E-state index is 0.140. The third kappa shape index (κ3) is 3.93. The zero-order valence-electron chi connectivity index (χ0n) is 14.5. The van der Waals surface area contributed by atoms with Gasteiger partial charge in [-0.15, -0.1) is 5.10 Å². The number of ether oxygens (including phenoxy) is 2. The van der Waals surface area contributed by atoms with Crippen LogP contribution in [0.4, 0.5) is 0 Å². The van der Waals surface area contributed by atoms with Crippen molar-refractivity contribution in [3.63, 3.8) is 0 Å². The fourth-order valence-electron chi connectivity index (χ4n) is 4.09. The van der Waals surface area contributed by atoms with Crippen molar-refractivity contribution in [2.75, 3.05) is 40.5 Å². The molecule has 2 bridgehead atoms. The number of nitrogens with zero attached hydrogens (tertiary/aromatic N) is 3. The van der Waals surface area contributed by atoms with Gasteiger partial charge in [0, 0.05) is 33.6 Å². The highest BCUT2D eigenvalue weighted by atomic mass is 16.5. The van der Waals surface area contributed by atoms with Crippen molar-refractivity contribution in [1.82, 2.24) is 20.3 Å². The van der Waals surface area contributed by atoms with Crippen molar-refractivity contribution < 1.29 is 19.2 Å². The largest absolute Gasteiger partial charge is 0.383 e. The molecule has 0 radical (unpaired) electrons. The molecule has 134 valence electrons. The van der Waals surface area contributed by atoms with Crippen molar-refractivity contribution in [2.45, 2.75) is 32.0 Å². The summed E-state index contributed by atoms with van der Waals surface area (Å²) >= 11 is 0. The number of amides is 1. The van der Waals surface area contributed by atoms with E-state index in [1.807, 2.05) is 10.9 Å². The van der Waals surface area contributed by atoms with Crippen LogP contribution >= 0.6 is 0 Å². The van der Waals surface area contributed by atoms with Gasteiger partial charge in [-0.05, 0) is 5.92 Å². The second kappa shape index (κ2) is 8.04. The number of quaternary nitrogens is 1. The van der Waals surface area contributed by atoms with Gasteiger partial charge < -0.3 is 19.7 Å². The summed E-state index contributed by atoms with van der Waals surface area (Å²) in [5.41, 5.74) is 0.860. The molecule has 1 aromatic heterocycles. The molecule has 2 N–H and O–H groups in total. The van der Waals surface area contributed by atoms with Crippen molar-refractivity contribution in [3.8, 4) is 0 Å². The van der Waals surface area contributed by atoms with Gasteiger partial charge in [0.05, 0.1) is 45.0 Å². The minimum absolute atomic E-state index is 0.140. The van der Waals surface area contributed by atoms with Crippen LogP contribution in [0.3, 0.4) is 0 Å². The molecule has 0 spiro atoms. The summed E-state index contributed by atoms with van der Waals surface area (Å²) in [6.07, 6.45) is 4.18. The molecular formula is C16H28N5O3+. The first-order chi connectivity index (χ1) is 11.7. The van der Waals surface area contributed by atoms with Gasteiger partial charge in [0.1, 0.15) is 11.7 Å². The van der Waals surface area contributed by atoms with Gasteiger partial charge in [-0.3, -0.25) is 4.79 Å². The highest BCUT2D eigenvalue weighted by Crippen LogP contribution is 2.27. The monoisotopic (exact) mass is 338 g/mol. The van der Waals surface area contributed by atoms with Crippen LogP contribution in [0.25, 0.3) is 0 Å². The Morgan fingerprint density at radius 2 is 2.33 bits per heavy atom. The number of rotatable bonds is 8. The lowest BCUT2D eigenvalue weighted by Crippen LogP contribution is -3.20. The van der Waals surface area contributed by atoms with Crippen LogP contribution in [0.15, 0.2) is 6.20 Å². The Morgan fingerprint density at radius 3 is 3.04 bits per heavy atom. The van der Waals surface area contributed by atoms with E-state index >= 15 is 0 Å². The van der Waals surface area contributed by atoms with E-state index in [-0.39, 0.29) is 11.8 Å². The lowest BCUT2D eigenvalue weighted by Gasteiger charge is -2.46. The van der Waals surface area contributed by atoms with Gasteiger partial charge in [0.2, 0.25) is 5.91 Å². The number of hydrogen-bond donors (Lipinski definition) is 2. The topological polar surface area (TPSA) is 82.7 Å². The summed E-state index contributed by atoms with van der Waals surface area (Å²) in [6.45, 7) is 4.59. The average Bonchev–Trinajstić information content (AvgIpc) is 3.03. The predicted octanol–water partition coefficient (Wildman–Crippen LogP) is -1.52. The Bertz CT molecular complexity index is 550. The summed E-state index contributed by atoms with van der Waals surface area (Å²) in [7, 11) is 3.31. The van der Waals surface area contributed by atoms with E-state index < -0.39 is 0 Å². The smallest absolute Gasteiger partial charge is 0.229 e. The van der Waals surface area contributed by atoms with Gasteiger partial charge in [0.25, 0.3) is 0 Å². The lowest BCUT2D eigenvalue weighted by molar-refractivity contribution is -0.945. The van der Waals surface area contributed by atoms with Gasteiger partial charge in [-0.25, -0.2) is 4.68 Å². The highest BCUT2D eigenvalue weighted by Gasteiger charge is 2.46. The molecule has 1 amide bonds. The molecule has 8 nitrogen and oxygen atoms in total. The summed E-state index contributed by atoms with van der Waals surface area (Å²) in [6, 6.07) is 0.517. The Kier molecular flexibility index (Phi) is 5.80. The van der Waals surface area contributed by atoms with Crippen LogP contribution in [-0.2, 0) is 27.4 Å². The van der Waals surface area contributed by atoms with E-state index in [0.717, 1.165) is 38.2 Å². The van der Waals surface area contributed by atoms with E-state index in [4.69, 9.17) is 9.47 Å². The minimum Gasteiger partial charge on any atom is -0.383 e. The van der Waals surface area contributed by atoms with E-state index in [1.165, 1.54) is 4.90 Å². The third-order valence-electron chi connectivity index (χ3n) is 5.28. The quantitative estimate of drug-likeness (QED) is 0.563. The van der Waals surface area contributed by atoms with Gasteiger partial charge in [0.15, 0.2) is 0 Å². The van der Waals surface area contributed by atoms with Crippen LogP contribution in [0.1, 0.15) is 18.5 Å². The molecule has 0 saturated carbocycles. The average molecular weight is 338 g/mol. The molecule has 4 rings (SSSR count). The number of fused-ring (bicyclic) bond motifs is 3. The maximum absolute atomic E-state index is 12.4. The number of hydrogen-bond acceptors (Lipinski definition) is 5. The van der Waals surface area contributed by atoms with E-state index in [0.29, 0.717) is 31.7 Å². The maximum Gasteiger partial charge on any atom is 0.229 e. The molecule has 24 heavy (non-hydrogen) atoms. The summed E-state index contributed by atoms with van der Waals surface area (Å²) < 4.78 is 12.0. The van der Waals surface area contributed by atoms with Gasteiger partial charge in [-0.2, -0.15) is 0 Å². The fraction of sp³-hybridized carbons (Fsp3) is 0.812. The fourth-order valence-corrected chi connectivity index (χ4v) is 4.09. The Labute approximate surface area is 142 Å². The predicted molar refractivity (Wildman–Crippen MR) is 86.3 cm³/mol. The third-order valence-corrected chi connectivity index (χ3v) is 5.28. The Balaban J connectivity index is 1.54. The first-order valence-electron chi connectivity index (χ1n) is 8.70. The van der Waals surface area contributed by atoms with E-state index in [1.54, 1.807) is 14.2 Å². The second-order valence-corrected chi connectivity index (χ2v) is 6.85. The summed E-state index contributed by atoms with van der Waals surface area (Å²) in [4.78, 5) is 13.9. The first kappa shape index (κ1) is 17.3. The number of nitrogens with one attached hydrogen (secondary N) is 2. The normalized spacial score (nSPS) is 28.9. The zero-order chi connectivity index (χ0) is 16.9. The van der Waals surface area contributed by atoms with Crippen LogP contribution in [0, 0.1) is 11.8 Å². The summed E-state index contributed by atoms with van der Waals surface area (Å²) in [5.74, 6) is 0.814. The number of aromatic nitrogens is 3. The molecule has 4 heterocycles. The number of carbonyl (C=O) groups excluding carboxylic acids is 1. The second-order valence-electron chi connectivity index (χ2n) is 6.85. The molecule has 8 heteroatoms. The van der Waals surface area contributed by atoms with Crippen molar-refractivity contribution >= 4 is 5.91 Å². The molecule has 0 aliphatic carbocycles. The standard InChI is InChI=1S/C16H27N5O3/c1-23-6-4-17-16(22)15-10-20-5-3-12(15)7-14(20)9-21-8-13(11-24-2)18-19-21/h8,12,14-15H,3-7,9-11H2,1-2H3,(H,17,22)/p+1/t12-,14+,15-/m0/s1. The Hall–Kier alpha value is -1.51. The van der Waals surface area contributed by atoms with Crippen LogP contribution in [-0.4, -0.2) is 67.4 Å². The van der Waals surface area contributed by atoms with Crippen LogP contribution in [0.2, 0.25) is 0 Å². The molecule has 1 aromatic rings. The molecule has 3 fully saturated rings. The molecule has 3 saturated heterocycles. The lowest BCUT2D eigenvalue weighted by atomic mass is 9.75. The number of piperidine rings is 3. The number of carbonyl (C=O) groups is 1. The summed E-state index contributed by atoms with van der Waals surface area (Å²) in [5, 5.41) is 11.3. The van der Waals surface area contributed by atoms with E-state index in [9.17, 15) is 4.79 Å². The van der Waals surface area contributed by atoms with Crippen molar-refractivity contribution in [3.05, 3.63) is 11.9 Å². The van der Waals surface area contributed by atoms with E-state index in [2.05, 4.69) is 15.6 Å². The highest BCUT2D eigenvalue weighted by molar-refractivity contribution is 5.79. The molecule has 3 aliphatic rings. The molecular weight excluding hydrogens is 310 g/mol. The first-order valence-corrected chi connectivity index (χ1v) is 8.70. The van der Waals surface area contributed by atoms with Crippen molar-refractivity contribution in [1.29, 1.82) is 0 Å². The van der Waals surface area contributed by atoms with Gasteiger partial charge in [-0.1, -0.05) is 5.21 Å². The maximum atomic E-state index is 12.4.